The van der Waals surface area contributed by atoms with Crippen molar-refractivity contribution in [1.29, 1.82) is 0 Å². The summed E-state index contributed by atoms with van der Waals surface area (Å²) < 4.78 is 13.1. The van der Waals surface area contributed by atoms with Gasteiger partial charge in [0, 0.05) is 18.3 Å². The number of phenols is 1. The number of hydrogen-bond donors (Lipinski definition) is 3. The quantitative estimate of drug-likeness (QED) is 0.681. The lowest BCUT2D eigenvalue weighted by molar-refractivity contribution is -0.120. The first kappa shape index (κ1) is 11.9. The maximum Gasteiger partial charge on any atom is 0.229 e. The smallest absolute Gasteiger partial charge is 0.229 e. The molecule has 2 atom stereocenters. The molecule has 5 heteroatoms. The second-order valence-corrected chi connectivity index (χ2v) is 4.40. The lowest BCUT2D eigenvalue weighted by atomic mass is 9.97. The van der Waals surface area contributed by atoms with Crippen molar-refractivity contribution in [2.45, 2.75) is 6.92 Å². The summed E-state index contributed by atoms with van der Waals surface area (Å²) in [5, 5.41) is 14.8. The molecular formula is C12H15FN2O2. The van der Waals surface area contributed by atoms with Gasteiger partial charge in [0.2, 0.25) is 5.91 Å². The maximum atomic E-state index is 13.1. The number of rotatable bonds is 2. The molecule has 3 N–H and O–H groups in total. The van der Waals surface area contributed by atoms with Gasteiger partial charge in [-0.2, -0.15) is 0 Å². The Labute approximate surface area is 98.8 Å². The first-order chi connectivity index (χ1) is 8.08. The SMILES string of the molecule is CC1CNCC1C(=O)Nc1ccc(O)c(F)c1. The Kier molecular flexibility index (Phi) is 3.28. The highest BCUT2D eigenvalue weighted by Crippen LogP contribution is 2.22. The zero-order valence-corrected chi connectivity index (χ0v) is 9.53. The van der Waals surface area contributed by atoms with Crippen molar-refractivity contribution in [2.24, 2.45) is 11.8 Å². The Bertz CT molecular complexity index is 437. The summed E-state index contributed by atoms with van der Waals surface area (Å²) in [6.07, 6.45) is 0. The number of halogens is 1. The number of aromatic hydroxyl groups is 1. The van der Waals surface area contributed by atoms with Gasteiger partial charge in [-0.25, -0.2) is 4.39 Å². The van der Waals surface area contributed by atoms with E-state index in [0.717, 1.165) is 12.6 Å². The molecule has 1 amide bonds. The predicted octanol–water partition coefficient (Wildman–Crippen LogP) is 1.33. The number of carbonyl (C=O) groups excluding carboxylic acids is 1. The molecule has 1 aromatic carbocycles. The summed E-state index contributed by atoms with van der Waals surface area (Å²) in [4.78, 5) is 11.9. The van der Waals surface area contributed by atoms with E-state index in [9.17, 15) is 9.18 Å². The molecule has 1 saturated heterocycles. The fourth-order valence-corrected chi connectivity index (χ4v) is 1.98. The molecule has 1 fully saturated rings. The highest BCUT2D eigenvalue weighted by Gasteiger charge is 2.29. The van der Waals surface area contributed by atoms with Gasteiger partial charge in [-0.15, -0.1) is 0 Å². The monoisotopic (exact) mass is 238 g/mol. The molecule has 92 valence electrons. The standard InChI is InChI=1S/C12H15FN2O2/c1-7-5-14-6-9(7)12(17)15-8-2-3-11(16)10(13)4-8/h2-4,7,9,14,16H,5-6H2,1H3,(H,15,17). The summed E-state index contributed by atoms with van der Waals surface area (Å²) in [6.45, 7) is 3.47. The zero-order valence-electron chi connectivity index (χ0n) is 9.53. The molecule has 0 spiro atoms. The molecule has 0 saturated carbocycles. The average molecular weight is 238 g/mol. The molecule has 0 aliphatic carbocycles. The first-order valence-corrected chi connectivity index (χ1v) is 5.58. The summed E-state index contributed by atoms with van der Waals surface area (Å²) in [5.74, 6) is -1.09. The van der Waals surface area contributed by atoms with Crippen LogP contribution in [-0.4, -0.2) is 24.1 Å². The Morgan fingerprint density at radius 2 is 2.29 bits per heavy atom. The third-order valence-electron chi connectivity index (χ3n) is 3.07. The molecule has 1 heterocycles. The number of carbonyl (C=O) groups is 1. The third kappa shape index (κ3) is 2.55. The van der Waals surface area contributed by atoms with Crippen LogP contribution < -0.4 is 10.6 Å². The number of hydrogen-bond acceptors (Lipinski definition) is 3. The largest absolute Gasteiger partial charge is 0.505 e. The van der Waals surface area contributed by atoms with Gasteiger partial charge >= 0.3 is 0 Å². The Hall–Kier alpha value is -1.62. The number of nitrogens with one attached hydrogen (secondary N) is 2. The van der Waals surface area contributed by atoms with Crippen LogP contribution in [0.2, 0.25) is 0 Å². The molecule has 1 aliphatic heterocycles. The van der Waals surface area contributed by atoms with Gasteiger partial charge in [0.1, 0.15) is 0 Å². The Balaban J connectivity index is 2.05. The minimum absolute atomic E-state index is 0.0909. The van der Waals surface area contributed by atoms with E-state index < -0.39 is 11.6 Å². The Morgan fingerprint density at radius 3 is 2.88 bits per heavy atom. The molecule has 0 aromatic heterocycles. The van der Waals surface area contributed by atoms with Crippen LogP contribution in [-0.2, 0) is 4.79 Å². The second-order valence-electron chi connectivity index (χ2n) is 4.40. The summed E-state index contributed by atoms with van der Waals surface area (Å²) in [6, 6.07) is 3.81. The van der Waals surface area contributed by atoms with Crippen LogP contribution in [0.5, 0.6) is 5.75 Å². The minimum Gasteiger partial charge on any atom is -0.505 e. The number of amides is 1. The van der Waals surface area contributed by atoms with Crippen molar-refractivity contribution in [3.8, 4) is 5.75 Å². The molecular weight excluding hydrogens is 223 g/mol. The summed E-state index contributed by atoms with van der Waals surface area (Å²) in [5.41, 5.74) is 0.365. The van der Waals surface area contributed by atoms with E-state index in [0.29, 0.717) is 12.2 Å². The highest BCUT2D eigenvalue weighted by atomic mass is 19.1. The number of benzene rings is 1. The third-order valence-corrected chi connectivity index (χ3v) is 3.07. The van der Waals surface area contributed by atoms with Crippen molar-refractivity contribution < 1.29 is 14.3 Å². The van der Waals surface area contributed by atoms with Crippen molar-refractivity contribution >= 4 is 11.6 Å². The zero-order chi connectivity index (χ0) is 12.4. The van der Waals surface area contributed by atoms with E-state index in [1.807, 2.05) is 6.92 Å². The summed E-state index contributed by atoms with van der Waals surface area (Å²) >= 11 is 0. The van der Waals surface area contributed by atoms with E-state index in [2.05, 4.69) is 10.6 Å². The van der Waals surface area contributed by atoms with Gasteiger partial charge in [0.15, 0.2) is 11.6 Å². The number of phenolic OH excluding ortho intramolecular Hbond substituents is 1. The minimum atomic E-state index is -0.736. The molecule has 0 bridgehead atoms. The van der Waals surface area contributed by atoms with Crippen LogP contribution >= 0.6 is 0 Å². The lowest BCUT2D eigenvalue weighted by Crippen LogP contribution is -2.27. The first-order valence-electron chi connectivity index (χ1n) is 5.58. The fraction of sp³-hybridized carbons (Fsp3) is 0.417. The van der Waals surface area contributed by atoms with E-state index >= 15 is 0 Å². The lowest BCUT2D eigenvalue weighted by Gasteiger charge is -2.14. The van der Waals surface area contributed by atoms with Gasteiger partial charge in [0.25, 0.3) is 0 Å². The van der Waals surface area contributed by atoms with Gasteiger partial charge < -0.3 is 15.7 Å². The van der Waals surface area contributed by atoms with E-state index in [1.165, 1.54) is 12.1 Å². The molecule has 2 rings (SSSR count). The van der Waals surface area contributed by atoms with Gasteiger partial charge in [-0.3, -0.25) is 4.79 Å². The van der Waals surface area contributed by atoms with Crippen LogP contribution in [0.3, 0.4) is 0 Å². The number of anilines is 1. The van der Waals surface area contributed by atoms with E-state index in [1.54, 1.807) is 0 Å². The highest BCUT2D eigenvalue weighted by molar-refractivity contribution is 5.93. The second kappa shape index (κ2) is 4.71. The van der Waals surface area contributed by atoms with E-state index in [-0.39, 0.29) is 17.7 Å². The van der Waals surface area contributed by atoms with Crippen LogP contribution in [0, 0.1) is 17.7 Å². The molecule has 2 unspecified atom stereocenters. The maximum absolute atomic E-state index is 13.1. The van der Waals surface area contributed by atoms with E-state index in [4.69, 9.17) is 5.11 Å². The molecule has 0 radical (unpaired) electrons. The van der Waals surface area contributed by atoms with Crippen LogP contribution in [0.25, 0.3) is 0 Å². The van der Waals surface area contributed by atoms with Crippen LogP contribution in [0.15, 0.2) is 18.2 Å². The average Bonchev–Trinajstić information content (AvgIpc) is 2.70. The van der Waals surface area contributed by atoms with Crippen LogP contribution in [0.1, 0.15) is 6.92 Å². The van der Waals surface area contributed by atoms with Crippen molar-refractivity contribution in [3.63, 3.8) is 0 Å². The Morgan fingerprint density at radius 1 is 1.53 bits per heavy atom. The van der Waals surface area contributed by atoms with Gasteiger partial charge in [-0.05, 0) is 24.6 Å². The van der Waals surface area contributed by atoms with Gasteiger partial charge in [0.05, 0.1) is 5.92 Å². The van der Waals surface area contributed by atoms with Crippen molar-refractivity contribution in [1.82, 2.24) is 5.32 Å². The molecule has 4 nitrogen and oxygen atoms in total. The normalized spacial score (nSPS) is 23.6. The molecule has 1 aromatic rings. The van der Waals surface area contributed by atoms with Crippen molar-refractivity contribution in [2.75, 3.05) is 18.4 Å². The molecule has 1 aliphatic rings. The fourth-order valence-electron chi connectivity index (χ4n) is 1.98. The summed E-state index contributed by atoms with van der Waals surface area (Å²) in [7, 11) is 0. The predicted molar refractivity (Wildman–Crippen MR) is 62.2 cm³/mol. The van der Waals surface area contributed by atoms with Crippen molar-refractivity contribution in [3.05, 3.63) is 24.0 Å². The van der Waals surface area contributed by atoms with Crippen LogP contribution in [0.4, 0.5) is 10.1 Å². The topological polar surface area (TPSA) is 61.4 Å². The van der Waals surface area contributed by atoms with Gasteiger partial charge in [-0.1, -0.05) is 6.92 Å². The molecule has 17 heavy (non-hydrogen) atoms.